The molecule has 1 fully saturated rings. The molecule has 1 atom stereocenters. The number of hydrogen-bond acceptors (Lipinski definition) is 3. The second-order valence-electron chi connectivity index (χ2n) is 6.29. The Morgan fingerprint density at radius 2 is 1.92 bits per heavy atom. The third-order valence-electron chi connectivity index (χ3n) is 4.56. The molecule has 5 nitrogen and oxygen atoms in total. The Hall–Kier alpha value is -1.73. The number of nitrogens with zero attached hydrogens (tertiary/aromatic N) is 4. The molecule has 1 aliphatic rings. The van der Waals surface area contributed by atoms with E-state index in [9.17, 15) is 9.18 Å². The molecule has 2 aromatic rings. The zero-order chi connectivity index (χ0) is 17.8. The van der Waals surface area contributed by atoms with Crippen LogP contribution in [-0.2, 0) is 11.3 Å². The van der Waals surface area contributed by atoms with Crippen LogP contribution < -0.4 is 0 Å². The molecule has 1 aliphatic heterocycles. The van der Waals surface area contributed by atoms with Crippen molar-refractivity contribution in [3.63, 3.8) is 0 Å². The second kappa shape index (κ2) is 8.10. The van der Waals surface area contributed by atoms with Crippen molar-refractivity contribution in [2.75, 3.05) is 26.2 Å². The van der Waals surface area contributed by atoms with E-state index < -0.39 is 0 Å². The molecular formula is C18H22BrFN4O. The molecule has 0 radical (unpaired) electrons. The van der Waals surface area contributed by atoms with Gasteiger partial charge in [0.15, 0.2) is 0 Å². The zero-order valence-corrected chi connectivity index (χ0v) is 15.8. The number of aromatic nitrogens is 2. The molecule has 1 amide bonds. The zero-order valence-electron chi connectivity index (χ0n) is 14.2. The van der Waals surface area contributed by atoms with Gasteiger partial charge >= 0.3 is 0 Å². The Balaban J connectivity index is 1.55. The SMILES string of the molecule is CCC(C(=O)N1CCN(Cc2ccc(F)cc2)CC1)n1cc(Br)cn1. The molecule has 1 aromatic heterocycles. The molecule has 1 saturated heterocycles. The summed E-state index contributed by atoms with van der Waals surface area (Å²) in [5, 5.41) is 4.26. The summed E-state index contributed by atoms with van der Waals surface area (Å²) in [6.07, 6.45) is 4.26. The molecular weight excluding hydrogens is 387 g/mol. The summed E-state index contributed by atoms with van der Waals surface area (Å²) in [5.41, 5.74) is 1.09. The number of amides is 1. The van der Waals surface area contributed by atoms with Gasteiger partial charge in [0, 0.05) is 38.9 Å². The number of halogens is 2. The first kappa shape index (κ1) is 18.1. The lowest BCUT2D eigenvalue weighted by atomic mass is 10.1. The van der Waals surface area contributed by atoms with Crippen molar-refractivity contribution in [1.29, 1.82) is 0 Å². The van der Waals surface area contributed by atoms with Crippen LogP contribution in [0.25, 0.3) is 0 Å². The van der Waals surface area contributed by atoms with E-state index in [-0.39, 0.29) is 17.8 Å². The topological polar surface area (TPSA) is 41.4 Å². The summed E-state index contributed by atoms with van der Waals surface area (Å²) >= 11 is 3.38. The van der Waals surface area contributed by atoms with Crippen LogP contribution in [0, 0.1) is 5.82 Å². The second-order valence-corrected chi connectivity index (χ2v) is 7.21. The maximum Gasteiger partial charge on any atom is 0.247 e. The molecule has 134 valence electrons. The molecule has 0 bridgehead atoms. The molecule has 0 aliphatic carbocycles. The molecule has 0 saturated carbocycles. The molecule has 3 rings (SSSR count). The fraction of sp³-hybridized carbons (Fsp3) is 0.444. The maximum absolute atomic E-state index is 13.0. The summed E-state index contributed by atoms with van der Waals surface area (Å²) < 4.78 is 15.6. The van der Waals surface area contributed by atoms with Crippen molar-refractivity contribution in [2.24, 2.45) is 0 Å². The fourth-order valence-electron chi connectivity index (χ4n) is 3.15. The van der Waals surface area contributed by atoms with E-state index in [0.717, 1.165) is 29.7 Å². The van der Waals surface area contributed by atoms with Crippen LogP contribution in [0.4, 0.5) is 4.39 Å². The van der Waals surface area contributed by atoms with Gasteiger partial charge in [-0.05, 0) is 40.0 Å². The van der Waals surface area contributed by atoms with Crippen LogP contribution in [0.3, 0.4) is 0 Å². The van der Waals surface area contributed by atoms with Gasteiger partial charge in [-0.15, -0.1) is 0 Å². The number of benzene rings is 1. The average molecular weight is 409 g/mol. The van der Waals surface area contributed by atoms with Gasteiger partial charge in [-0.2, -0.15) is 5.10 Å². The van der Waals surface area contributed by atoms with Crippen molar-refractivity contribution < 1.29 is 9.18 Å². The van der Waals surface area contributed by atoms with Gasteiger partial charge in [0.2, 0.25) is 5.91 Å². The third kappa shape index (κ3) is 4.46. The summed E-state index contributed by atoms with van der Waals surface area (Å²) in [5.74, 6) is -0.0884. The van der Waals surface area contributed by atoms with Crippen LogP contribution >= 0.6 is 15.9 Å². The minimum atomic E-state index is -0.255. The van der Waals surface area contributed by atoms with E-state index >= 15 is 0 Å². The van der Waals surface area contributed by atoms with Crippen molar-refractivity contribution >= 4 is 21.8 Å². The highest BCUT2D eigenvalue weighted by molar-refractivity contribution is 9.10. The van der Waals surface area contributed by atoms with Gasteiger partial charge in [0.25, 0.3) is 0 Å². The van der Waals surface area contributed by atoms with Gasteiger partial charge < -0.3 is 4.90 Å². The quantitative estimate of drug-likeness (QED) is 0.763. The summed E-state index contributed by atoms with van der Waals surface area (Å²) in [6, 6.07) is 6.35. The number of carbonyl (C=O) groups excluding carboxylic acids is 1. The van der Waals surface area contributed by atoms with Crippen molar-refractivity contribution in [2.45, 2.75) is 25.9 Å². The van der Waals surface area contributed by atoms with Crippen molar-refractivity contribution in [3.8, 4) is 0 Å². The van der Waals surface area contributed by atoms with Gasteiger partial charge in [-0.1, -0.05) is 19.1 Å². The first-order chi connectivity index (χ1) is 12.1. The molecule has 1 aromatic carbocycles. The van der Waals surface area contributed by atoms with E-state index in [1.807, 2.05) is 30.2 Å². The van der Waals surface area contributed by atoms with Gasteiger partial charge in [-0.25, -0.2) is 4.39 Å². The Morgan fingerprint density at radius 3 is 2.48 bits per heavy atom. The summed E-state index contributed by atoms with van der Waals surface area (Å²) in [6.45, 7) is 5.84. The highest BCUT2D eigenvalue weighted by atomic mass is 79.9. The lowest BCUT2D eigenvalue weighted by Gasteiger charge is -2.36. The number of piperazine rings is 1. The van der Waals surface area contributed by atoms with Gasteiger partial charge in [0.1, 0.15) is 11.9 Å². The first-order valence-corrected chi connectivity index (χ1v) is 9.31. The van der Waals surface area contributed by atoms with Crippen molar-refractivity contribution in [1.82, 2.24) is 19.6 Å². The lowest BCUT2D eigenvalue weighted by molar-refractivity contribution is -0.137. The Kier molecular flexibility index (Phi) is 5.86. The molecule has 1 unspecified atom stereocenters. The Labute approximate surface area is 155 Å². The van der Waals surface area contributed by atoms with Crippen molar-refractivity contribution in [3.05, 3.63) is 52.5 Å². The normalized spacial score (nSPS) is 16.8. The van der Waals surface area contributed by atoms with E-state index in [1.54, 1.807) is 10.9 Å². The van der Waals surface area contributed by atoms with Gasteiger partial charge in [0.05, 0.1) is 10.7 Å². The van der Waals surface area contributed by atoms with Gasteiger partial charge in [-0.3, -0.25) is 14.4 Å². The highest BCUT2D eigenvalue weighted by Crippen LogP contribution is 2.19. The number of rotatable bonds is 5. The average Bonchev–Trinajstić information content (AvgIpc) is 3.04. The predicted octanol–water partition coefficient (Wildman–Crippen LogP) is 3.08. The maximum atomic E-state index is 13.0. The Bertz CT molecular complexity index is 710. The fourth-order valence-corrected chi connectivity index (χ4v) is 3.45. The van der Waals surface area contributed by atoms with Crippen LogP contribution in [0.1, 0.15) is 24.9 Å². The predicted molar refractivity (Wildman–Crippen MR) is 97.5 cm³/mol. The highest BCUT2D eigenvalue weighted by Gasteiger charge is 2.28. The Morgan fingerprint density at radius 1 is 1.24 bits per heavy atom. The van der Waals surface area contributed by atoms with E-state index in [0.29, 0.717) is 19.5 Å². The van der Waals surface area contributed by atoms with Crippen LogP contribution in [0.5, 0.6) is 0 Å². The lowest BCUT2D eigenvalue weighted by Crippen LogP contribution is -2.50. The van der Waals surface area contributed by atoms with E-state index in [2.05, 4.69) is 25.9 Å². The van der Waals surface area contributed by atoms with Crippen LogP contribution in [0.15, 0.2) is 41.1 Å². The minimum absolute atomic E-state index is 0.125. The van der Waals surface area contributed by atoms with Crippen LogP contribution in [-0.4, -0.2) is 51.7 Å². The first-order valence-electron chi connectivity index (χ1n) is 8.52. The van der Waals surface area contributed by atoms with Crippen LogP contribution in [0.2, 0.25) is 0 Å². The standard InChI is InChI=1S/C18H22BrFN4O/c1-2-17(24-13-15(19)11-21-24)18(25)23-9-7-22(8-10-23)12-14-3-5-16(20)6-4-14/h3-6,11,13,17H,2,7-10,12H2,1H3. The molecule has 2 heterocycles. The smallest absolute Gasteiger partial charge is 0.247 e. The monoisotopic (exact) mass is 408 g/mol. The number of carbonyl (C=O) groups is 1. The van der Waals surface area contributed by atoms with E-state index in [4.69, 9.17) is 0 Å². The number of hydrogen-bond donors (Lipinski definition) is 0. The minimum Gasteiger partial charge on any atom is -0.338 e. The summed E-state index contributed by atoms with van der Waals surface area (Å²) in [4.78, 5) is 17.0. The third-order valence-corrected chi connectivity index (χ3v) is 4.97. The molecule has 0 N–H and O–H groups in total. The molecule has 0 spiro atoms. The molecule has 25 heavy (non-hydrogen) atoms. The van der Waals surface area contributed by atoms with E-state index in [1.165, 1.54) is 12.1 Å². The molecule has 7 heteroatoms. The largest absolute Gasteiger partial charge is 0.338 e. The summed E-state index contributed by atoms with van der Waals surface area (Å²) in [7, 11) is 0.